The van der Waals surface area contributed by atoms with E-state index in [0.717, 1.165) is 19.3 Å². The number of nitrogens with one attached hydrogen (secondary N) is 1. The second-order valence-electron chi connectivity index (χ2n) is 5.21. The smallest absolute Gasteiger partial charge is 0.305 e. The van der Waals surface area contributed by atoms with Crippen molar-refractivity contribution in [1.82, 2.24) is 9.71 Å². The minimum Gasteiger partial charge on any atom is -0.481 e. The molecule has 0 bridgehead atoms. The van der Waals surface area contributed by atoms with Crippen LogP contribution >= 0.6 is 0 Å². The molecule has 2 N–H and O–H groups in total. The second-order valence-corrected chi connectivity index (χ2v) is 6.89. The number of rotatable bonds is 5. The van der Waals surface area contributed by atoms with Gasteiger partial charge in [0.2, 0.25) is 10.0 Å². The van der Waals surface area contributed by atoms with E-state index in [4.69, 9.17) is 5.11 Å². The van der Waals surface area contributed by atoms with Crippen LogP contribution in [0.1, 0.15) is 38.5 Å². The van der Waals surface area contributed by atoms with Crippen LogP contribution in [0.25, 0.3) is 0 Å². The number of carboxylic acids is 1. The largest absolute Gasteiger partial charge is 0.481 e. The lowest BCUT2D eigenvalue weighted by Crippen LogP contribution is -2.50. The Kier molecular flexibility index (Phi) is 4.39. The van der Waals surface area contributed by atoms with Gasteiger partial charge in [-0.15, -0.1) is 0 Å². The molecule has 0 aromatic carbocycles. The first-order chi connectivity index (χ1) is 9.44. The third-order valence-corrected chi connectivity index (χ3v) is 5.16. The lowest BCUT2D eigenvalue weighted by molar-refractivity contribution is -0.138. The molecule has 0 atom stereocenters. The topological polar surface area (TPSA) is 96.4 Å². The van der Waals surface area contributed by atoms with E-state index in [9.17, 15) is 13.2 Å². The highest BCUT2D eigenvalue weighted by atomic mass is 32.2. The number of nitrogens with zero attached hydrogens (tertiary/aromatic N) is 1. The van der Waals surface area contributed by atoms with Crippen molar-refractivity contribution in [3.63, 3.8) is 0 Å². The van der Waals surface area contributed by atoms with E-state index in [2.05, 4.69) is 9.71 Å². The molecule has 1 heterocycles. The summed E-state index contributed by atoms with van der Waals surface area (Å²) in [5.74, 6) is -0.985. The molecule has 1 aromatic heterocycles. The normalized spacial score (nSPS) is 18.6. The van der Waals surface area contributed by atoms with Crippen LogP contribution in [0.3, 0.4) is 0 Å². The Morgan fingerprint density at radius 1 is 1.35 bits per heavy atom. The molecular weight excluding hydrogens is 280 g/mol. The standard InChI is InChI=1S/C13H18N2O4S/c16-12(17)9-13(6-2-1-3-7-13)15-20(18,19)11-5-4-8-14-10-11/h4-5,8,10,15H,1-3,6-7,9H2,(H,16,17). The van der Waals surface area contributed by atoms with E-state index in [1.54, 1.807) is 6.07 Å². The van der Waals surface area contributed by atoms with Crippen molar-refractivity contribution in [2.24, 2.45) is 0 Å². The average Bonchev–Trinajstić information content (AvgIpc) is 2.39. The third kappa shape index (κ3) is 3.55. The zero-order valence-electron chi connectivity index (χ0n) is 11.1. The van der Waals surface area contributed by atoms with Crippen LogP contribution in [0.15, 0.2) is 29.4 Å². The Balaban J connectivity index is 2.25. The maximum Gasteiger partial charge on any atom is 0.305 e. The molecule has 7 heteroatoms. The van der Waals surface area contributed by atoms with Gasteiger partial charge in [-0.1, -0.05) is 19.3 Å². The molecule has 2 rings (SSSR count). The fraction of sp³-hybridized carbons (Fsp3) is 0.538. The fourth-order valence-corrected chi connectivity index (χ4v) is 4.10. The first kappa shape index (κ1) is 14.9. The summed E-state index contributed by atoms with van der Waals surface area (Å²) in [6.07, 6.45) is 6.36. The quantitative estimate of drug-likeness (QED) is 0.859. The predicted octanol–water partition coefficient (Wildman–Crippen LogP) is 1.54. The first-order valence-electron chi connectivity index (χ1n) is 6.59. The molecule has 1 aliphatic rings. The van der Waals surface area contributed by atoms with Crippen molar-refractivity contribution in [1.29, 1.82) is 0 Å². The Labute approximate surface area is 118 Å². The van der Waals surface area contributed by atoms with Crippen LogP contribution in [0.4, 0.5) is 0 Å². The molecule has 0 amide bonds. The fourth-order valence-electron chi connectivity index (χ4n) is 2.68. The van der Waals surface area contributed by atoms with Gasteiger partial charge < -0.3 is 5.11 Å². The molecule has 0 unspecified atom stereocenters. The van der Waals surface area contributed by atoms with Crippen molar-refractivity contribution < 1.29 is 18.3 Å². The van der Waals surface area contributed by atoms with Gasteiger partial charge in [0.25, 0.3) is 0 Å². The number of aromatic nitrogens is 1. The van der Waals surface area contributed by atoms with Gasteiger partial charge in [0.15, 0.2) is 0 Å². The zero-order valence-corrected chi connectivity index (χ0v) is 11.9. The molecule has 1 aromatic rings. The molecule has 1 saturated carbocycles. The van der Waals surface area contributed by atoms with Crippen LogP contribution in [0, 0.1) is 0 Å². The van der Waals surface area contributed by atoms with Gasteiger partial charge >= 0.3 is 5.97 Å². The maximum absolute atomic E-state index is 12.3. The summed E-state index contributed by atoms with van der Waals surface area (Å²) in [5.41, 5.74) is -0.876. The molecule has 0 radical (unpaired) electrons. The SMILES string of the molecule is O=C(O)CC1(NS(=O)(=O)c2cccnc2)CCCCC1. The summed E-state index contributed by atoms with van der Waals surface area (Å²) < 4.78 is 27.3. The van der Waals surface area contributed by atoms with Crippen LogP contribution in [-0.4, -0.2) is 30.0 Å². The molecule has 0 spiro atoms. The van der Waals surface area contributed by atoms with Gasteiger partial charge in [-0.25, -0.2) is 13.1 Å². The monoisotopic (exact) mass is 298 g/mol. The summed E-state index contributed by atoms with van der Waals surface area (Å²) >= 11 is 0. The maximum atomic E-state index is 12.3. The van der Waals surface area contributed by atoms with E-state index >= 15 is 0 Å². The summed E-state index contributed by atoms with van der Waals surface area (Å²) in [6.45, 7) is 0. The van der Waals surface area contributed by atoms with Crippen LogP contribution in [0.2, 0.25) is 0 Å². The van der Waals surface area contributed by atoms with Crippen LogP contribution in [-0.2, 0) is 14.8 Å². The summed E-state index contributed by atoms with van der Waals surface area (Å²) in [5, 5.41) is 9.05. The predicted molar refractivity (Wildman–Crippen MR) is 72.6 cm³/mol. The lowest BCUT2D eigenvalue weighted by Gasteiger charge is -2.36. The highest BCUT2D eigenvalue weighted by Gasteiger charge is 2.38. The highest BCUT2D eigenvalue weighted by Crippen LogP contribution is 2.32. The van der Waals surface area contributed by atoms with Crippen molar-refractivity contribution in [2.75, 3.05) is 0 Å². The molecule has 1 fully saturated rings. The molecule has 110 valence electrons. The van der Waals surface area contributed by atoms with Gasteiger partial charge in [0, 0.05) is 17.9 Å². The number of hydrogen-bond donors (Lipinski definition) is 2. The molecule has 0 saturated heterocycles. The summed E-state index contributed by atoms with van der Waals surface area (Å²) in [7, 11) is -3.74. The van der Waals surface area contributed by atoms with E-state index in [1.165, 1.54) is 18.5 Å². The molecule has 0 aliphatic heterocycles. The number of carbonyl (C=O) groups is 1. The summed E-state index contributed by atoms with van der Waals surface area (Å²) in [4.78, 5) is 14.9. The molecular formula is C13H18N2O4S. The Hall–Kier alpha value is -1.47. The number of hydrogen-bond acceptors (Lipinski definition) is 4. The van der Waals surface area contributed by atoms with Crippen molar-refractivity contribution in [3.05, 3.63) is 24.5 Å². The van der Waals surface area contributed by atoms with Gasteiger partial charge in [-0.3, -0.25) is 9.78 Å². The zero-order chi connectivity index (χ0) is 14.6. The van der Waals surface area contributed by atoms with Gasteiger partial charge in [0.05, 0.1) is 6.42 Å². The first-order valence-corrected chi connectivity index (χ1v) is 8.08. The summed E-state index contributed by atoms with van der Waals surface area (Å²) in [6, 6.07) is 2.99. The number of sulfonamides is 1. The third-order valence-electron chi connectivity index (χ3n) is 3.60. The van der Waals surface area contributed by atoms with Crippen LogP contribution in [0.5, 0.6) is 0 Å². The van der Waals surface area contributed by atoms with E-state index in [0.29, 0.717) is 12.8 Å². The van der Waals surface area contributed by atoms with Gasteiger partial charge in [0.1, 0.15) is 4.90 Å². The minimum atomic E-state index is -3.74. The number of aliphatic carboxylic acids is 1. The minimum absolute atomic E-state index is 0.0651. The number of carboxylic acid groups (broad SMARTS) is 1. The molecule has 20 heavy (non-hydrogen) atoms. The Bertz CT molecular complexity index is 565. The van der Waals surface area contributed by atoms with Gasteiger partial charge in [-0.05, 0) is 25.0 Å². The highest BCUT2D eigenvalue weighted by molar-refractivity contribution is 7.89. The van der Waals surface area contributed by atoms with Gasteiger partial charge in [-0.2, -0.15) is 0 Å². The Morgan fingerprint density at radius 3 is 2.60 bits per heavy atom. The van der Waals surface area contributed by atoms with Crippen molar-refractivity contribution >= 4 is 16.0 Å². The average molecular weight is 298 g/mol. The van der Waals surface area contributed by atoms with E-state index < -0.39 is 21.5 Å². The van der Waals surface area contributed by atoms with Crippen molar-refractivity contribution in [2.45, 2.75) is 49.0 Å². The van der Waals surface area contributed by atoms with E-state index in [-0.39, 0.29) is 11.3 Å². The second kappa shape index (κ2) is 5.88. The lowest BCUT2D eigenvalue weighted by atomic mass is 9.80. The van der Waals surface area contributed by atoms with Crippen molar-refractivity contribution in [3.8, 4) is 0 Å². The van der Waals surface area contributed by atoms with E-state index in [1.807, 2.05) is 0 Å². The number of pyridine rings is 1. The molecule has 1 aliphatic carbocycles. The van der Waals surface area contributed by atoms with Crippen LogP contribution < -0.4 is 4.72 Å². The molecule has 6 nitrogen and oxygen atoms in total. The Morgan fingerprint density at radius 2 is 2.05 bits per heavy atom.